The maximum atomic E-state index is 3.75. The highest BCUT2D eigenvalue weighted by molar-refractivity contribution is 5.27. The summed E-state index contributed by atoms with van der Waals surface area (Å²) < 4.78 is 0. The Morgan fingerprint density at radius 3 is 2.20 bits per heavy atom. The van der Waals surface area contributed by atoms with Crippen molar-refractivity contribution in [3.8, 4) is 0 Å². The van der Waals surface area contributed by atoms with Gasteiger partial charge >= 0.3 is 0 Å². The molecule has 0 aliphatic heterocycles. The SMILES string of the molecule is CCC(NC(C)c1cccc(C)c1)c1ccc(C)cc1. The van der Waals surface area contributed by atoms with Gasteiger partial charge in [-0.25, -0.2) is 0 Å². The van der Waals surface area contributed by atoms with E-state index in [9.17, 15) is 0 Å². The first-order valence-corrected chi connectivity index (χ1v) is 7.49. The van der Waals surface area contributed by atoms with Gasteiger partial charge < -0.3 is 5.32 Å². The van der Waals surface area contributed by atoms with Crippen LogP contribution in [0.25, 0.3) is 0 Å². The van der Waals surface area contributed by atoms with Crippen LogP contribution in [0.1, 0.15) is 54.6 Å². The first-order valence-electron chi connectivity index (χ1n) is 7.49. The lowest BCUT2D eigenvalue weighted by atomic mass is 10.00. The second-order valence-electron chi connectivity index (χ2n) is 5.67. The number of nitrogens with one attached hydrogen (secondary N) is 1. The second-order valence-corrected chi connectivity index (χ2v) is 5.67. The summed E-state index contributed by atoms with van der Waals surface area (Å²) in [5, 5.41) is 3.75. The Hall–Kier alpha value is -1.60. The van der Waals surface area contributed by atoms with E-state index in [4.69, 9.17) is 0 Å². The minimum Gasteiger partial charge on any atom is -0.303 e. The molecule has 2 aromatic rings. The lowest BCUT2D eigenvalue weighted by Gasteiger charge is -2.23. The summed E-state index contributed by atoms with van der Waals surface area (Å²) in [4.78, 5) is 0. The van der Waals surface area contributed by atoms with Crippen molar-refractivity contribution in [3.05, 3.63) is 70.8 Å². The van der Waals surface area contributed by atoms with Crippen LogP contribution in [0, 0.1) is 13.8 Å². The van der Waals surface area contributed by atoms with Crippen LogP contribution in [0.4, 0.5) is 0 Å². The van der Waals surface area contributed by atoms with Crippen molar-refractivity contribution < 1.29 is 0 Å². The fourth-order valence-electron chi connectivity index (χ4n) is 2.59. The number of hydrogen-bond donors (Lipinski definition) is 1. The smallest absolute Gasteiger partial charge is 0.0323 e. The van der Waals surface area contributed by atoms with Crippen molar-refractivity contribution in [1.82, 2.24) is 5.32 Å². The molecule has 0 aliphatic carbocycles. The summed E-state index contributed by atoms with van der Waals surface area (Å²) in [5.74, 6) is 0. The number of benzene rings is 2. The third-order valence-electron chi connectivity index (χ3n) is 3.88. The standard InChI is InChI=1S/C19H25N/c1-5-19(17-11-9-14(2)10-12-17)20-16(4)18-8-6-7-15(3)13-18/h6-13,16,19-20H,5H2,1-4H3. The predicted molar refractivity (Wildman–Crippen MR) is 86.9 cm³/mol. The zero-order chi connectivity index (χ0) is 14.5. The Morgan fingerprint density at radius 1 is 0.900 bits per heavy atom. The van der Waals surface area contributed by atoms with Crippen molar-refractivity contribution in [3.63, 3.8) is 0 Å². The zero-order valence-electron chi connectivity index (χ0n) is 13.0. The van der Waals surface area contributed by atoms with Crippen molar-refractivity contribution >= 4 is 0 Å². The molecule has 20 heavy (non-hydrogen) atoms. The van der Waals surface area contributed by atoms with E-state index in [1.165, 1.54) is 22.3 Å². The van der Waals surface area contributed by atoms with E-state index in [0.29, 0.717) is 12.1 Å². The molecule has 0 aliphatic rings. The molecule has 2 rings (SSSR count). The van der Waals surface area contributed by atoms with Crippen LogP contribution in [0.2, 0.25) is 0 Å². The van der Waals surface area contributed by atoms with E-state index < -0.39 is 0 Å². The molecule has 1 nitrogen and oxygen atoms in total. The summed E-state index contributed by atoms with van der Waals surface area (Å²) >= 11 is 0. The number of hydrogen-bond acceptors (Lipinski definition) is 1. The highest BCUT2D eigenvalue weighted by atomic mass is 14.9. The first-order chi connectivity index (χ1) is 9.60. The molecule has 2 aromatic carbocycles. The molecule has 0 radical (unpaired) electrons. The van der Waals surface area contributed by atoms with Crippen LogP contribution in [-0.2, 0) is 0 Å². The molecule has 0 heterocycles. The molecule has 1 heteroatoms. The molecular weight excluding hydrogens is 242 g/mol. The van der Waals surface area contributed by atoms with Crippen LogP contribution < -0.4 is 5.32 Å². The van der Waals surface area contributed by atoms with Gasteiger partial charge in [-0.15, -0.1) is 0 Å². The highest BCUT2D eigenvalue weighted by Gasteiger charge is 2.13. The van der Waals surface area contributed by atoms with E-state index in [1.54, 1.807) is 0 Å². The normalized spacial score (nSPS) is 14.0. The van der Waals surface area contributed by atoms with Gasteiger partial charge in [0.1, 0.15) is 0 Å². The fraction of sp³-hybridized carbons (Fsp3) is 0.368. The van der Waals surface area contributed by atoms with Crippen LogP contribution in [-0.4, -0.2) is 0 Å². The summed E-state index contributed by atoms with van der Waals surface area (Å²) in [7, 11) is 0. The summed E-state index contributed by atoms with van der Waals surface area (Å²) in [6.45, 7) is 8.76. The van der Waals surface area contributed by atoms with E-state index in [2.05, 4.69) is 81.5 Å². The Morgan fingerprint density at radius 2 is 1.60 bits per heavy atom. The van der Waals surface area contributed by atoms with Gasteiger partial charge in [0.25, 0.3) is 0 Å². The molecule has 0 fully saturated rings. The van der Waals surface area contributed by atoms with E-state index >= 15 is 0 Å². The maximum absolute atomic E-state index is 3.75. The van der Waals surface area contributed by atoms with Gasteiger partial charge in [-0.3, -0.25) is 0 Å². The lowest BCUT2D eigenvalue weighted by Crippen LogP contribution is -2.24. The average molecular weight is 267 g/mol. The maximum Gasteiger partial charge on any atom is 0.0323 e. The van der Waals surface area contributed by atoms with Crippen molar-refractivity contribution in [2.75, 3.05) is 0 Å². The van der Waals surface area contributed by atoms with Crippen LogP contribution in [0.3, 0.4) is 0 Å². The minimum absolute atomic E-state index is 0.362. The van der Waals surface area contributed by atoms with Gasteiger partial charge in [0.05, 0.1) is 0 Å². The van der Waals surface area contributed by atoms with Crippen molar-refractivity contribution in [2.45, 2.75) is 46.2 Å². The van der Waals surface area contributed by atoms with Gasteiger partial charge in [0.15, 0.2) is 0 Å². The van der Waals surface area contributed by atoms with E-state index in [-0.39, 0.29) is 0 Å². The van der Waals surface area contributed by atoms with Crippen molar-refractivity contribution in [2.24, 2.45) is 0 Å². The number of rotatable bonds is 5. The van der Waals surface area contributed by atoms with Crippen molar-refractivity contribution in [1.29, 1.82) is 0 Å². The van der Waals surface area contributed by atoms with Crippen LogP contribution in [0.5, 0.6) is 0 Å². The molecule has 1 N–H and O–H groups in total. The van der Waals surface area contributed by atoms with Gasteiger partial charge in [-0.05, 0) is 38.3 Å². The fourth-order valence-corrected chi connectivity index (χ4v) is 2.59. The molecule has 0 bridgehead atoms. The molecule has 2 unspecified atom stereocenters. The lowest BCUT2D eigenvalue weighted by molar-refractivity contribution is 0.456. The quantitative estimate of drug-likeness (QED) is 0.794. The summed E-state index contributed by atoms with van der Waals surface area (Å²) in [6.07, 6.45) is 1.10. The first kappa shape index (κ1) is 14.8. The average Bonchev–Trinajstić information content (AvgIpc) is 2.45. The summed E-state index contributed by atoms with van der Waals surface area (Å²) in [6, 6.07) is 18.4. The molecule has 0 saturated heterocycles. The molecular formula is C19H25N. The third-order valence-corrected chi connectivity index (χ3v) is 3.88. The molecule has 2 atom stereocenters. The third kappa shape index (κ3) is 3.71. The largest absolute Gasteiger partial charge is 0.303 e. The predicted octanol–water partition coefficient (Wildman–Crippen LogP) is 5.11. The molecule has 0 aromatic heterocycles. The van der Waals surface area contributed by atoms with Gasteiger partial charge in [-0.2, -0.15) is 0 Å². The Kier molecular flexibility index (Phi) is 4.97. The van der Waals surface area contributed by atoms with Crippen LogP contribution in [0.15, 0.2) is 48.5 Å². The van der Waals surface area contributed by atoms with Gasteiger partial charge in [0.2, 0.25) is 0 Å². The zero-order valence-corrected chi connectivity index (χ0v) is 13.0. The highest BCUT2D eigenvalue weighted by Crippen LogP contribution is 2.23. The number of aryl methyl sites for hydroxylation is 2. The molecule has 0 saturated carbocycles. The minimum atomic E-state index is 0.362. The second kappa shape index (κ2) is 6.71. The Labute approximate surface area is 123 Å². The molecule has 0 spiro atoms. The molecule has 106 valence electrons. The topological polar surface area (TPSA) is 12.0 Å². The molecule has 0 amide bonds. The van der Waals surface area contributed by atoms with Gasteiger partial charge in [0, 0.05) is 12.1 Å². The Balaban J connectivity index is 2.11. The summed E-state index contributed by atoms with van der Waals surface area (Å²) in [5.41, 5.74) is 5.36. The Bertz CT molecular complexity index is 542. The van der Waals surface area contributed by atoms with Gasteiger partial charge in [-0.1, -0.05) is 66.6 Å². The monoisotopic (exact) mass is 267 g/mol. The van der Waals surface area contributed by atoms with E-state index in [1.807, 2.05) is 0 Å². The van der Waals surface area contributed by atoms with Crippen LogP contribution >= 0.6 is 0 Å². The van der Waals surface area contributed by atoms with E-state index in [0.717, 1.165) is 6.42 Å².